The molecule has 1 amide bonds. The summed E-state index contributed by atoms with van der Waals surface area (Å²) >= 11 is 0. The lowest BCUT2D eigenvalue weighted by Crippen LogP contribution is -2.44. The highest BCUT2D eigenvalue weighted by Gasteiger charge is 2.28. The molecule has 1 saturated heterocycles. The van der Waals surface area contributed by atoms with Crippen molar-refractivity contribution >= 4 is 5.91 Å². The van der Waals surface area contributed by atoms with E-state index >= 15 is 0 Å². The molecule has 1 aromatic heterocycles. The average Bonchev–Trinajstić information content (AvgIpc) is 3.12. The highest BCUT2D eigenvalue weighted by atomic mass is 16.5. The summed E-state index contributed by atoms with van der Waals surface area (Å²) in [7, 11) is 0. The molecule has 0 N–H and O–H groups in total. The predicted molar refractivity (Wildman–Crippen MR) is 90.9 cm³/mol. The van der Waals surface area contributed by atoms with E-state index in [4.69, 9.17) is 4.74 Å². The number of hydrogen-bond donors (Lipinski definition) is 0. The van der Waals surface area contributed by atoms with Crippen molar-refractivity contribution < 1.29 is 9.53 Å². The van der Waals surface area contributed by atoms with E-state index in [9.17, 15) is 4.79 Å². The summed E-state index contributed by atoms with van der Waals surface area (Å²) in [6.45, 7) is 7.42. The molecule has 2 aromatic rings. The molecule has 2 heterocycles. The van der Waals surface area contributed by atoms with Gasteiger partial charge in [0.05, 0.1) is 0 Å². The van der Waals surface area contributed by atoms with E-state index in [1.165, 1.54) is 11.9 Å². The van der Waals surface area contributed by atoms with Gasteiger partial charge in [0.2, 0.25) is 5.91 Å². The van der Waals surface area contributed by atoms with Gasteiger partial charge in [-0.2, -0.15) is 5.10 Å². The molecule has 0 radical (unpaired) electrons. The zero-order valence-corrected chi connectivity index (χ0v) is 14.5. The van der Waals surface area contributed by atoms with Gasteiger partial charge in [0.15, 0.2) is 0 Å². The van der Waals surface area contributed by atoms with E-state index in [1.54, 1.807) is 11.0 Å². The van der Waals surface area contributed by atoms with Crippen molar-refractivity contribution in [1.29, 1.82) is 0 Å². The third-order valence-electron chi connectivity index (χ3n) is 4.58. The topological polar surface area (TPSA) is 60.2 Å². The van der Waals surface area contributed by atoms with Crippen molar-refractivity contribution in [1.82, 2.24) is 19.7 Å². The summed E-state index contributed by atoms with van der Waals surface area (Å²) in [6.07, 6.45) is 4.90. The molecule has 6 heteroatoms. The Morgan fingerprint density at radius 1 is 1.29 bits per heavy atom. The Morgan fingerprint density at radius 2 is 2.04 bits per heavy atom. The molecular weight excluding hydrogens is 304 g/mol. The number of carbonyl (C=O) groups is 1. The third kappa shape index (κ3) is 3.58. The zero-order valence-electron chi connectivity index (χ0n) is 14.5. The van der Waals surface area contributed by atoms with Crippen LogP contribution in [0.1, 0.15) is 36.9 Å². The second-order valence-corrected chi connectivity index (χ2v) is 6.46. The number of aryl methyl sites for hydroxylation is 2. The smallest absolute Gasteiger partial charge is 0.247 e. The van der Waals surface area contributed by atoms with Crippen LogP contribution in [0.2, 0.25) is 0 Å². The zero-order chi connectivity index (χ0) is 17.1. The summed E-state index contributed by atoms with van der Waals surface area (Å²) in [5.41, 5.74) is 2.35. The highest BCUT2D eigenvalue weighted by molar-refractivity contribution is 5.80. The van der Waals surface area contributed by atoms with Crippen molar-refractivity contribution in [3.05, 3.63) is 42.0 Å². The molecule has 0 spiro atoms. The fraction of sp³-hybridized carbons (Fsp3) is 0.500. The van der Waals surface area contributed by atoms with Gasteiger partial charge in [0.25, 0.3) is 0 Å². The van der Waals surface area contributed by atoms with Crippen LogP contribution >= 0.6 is 0 Å². The SMILES string of the molecule is Cc1ccc(C)c(OC2CCN(C(=O)[C@@H](C)n3cncn3)CC2)c1. The van der Waals surface area contributed by atoms with Crippen molar-refractivity contribution in [3.8, 4) is 5.75 Å². The molecule has 1 atom stereocenters. The van der Waals surface area contributed by atoms with E-state index in [0.717, 1.165) is 24.2 Å². The van der Waals surface area contributed by atoms with E-state index in [2.05, 4.69) is 42.1 Å². The molecule has 3 rings (SSSR count). The van der Waals surface area contributed by atoms with Gasteiger partial charge in [-0.05, 0) is 38.0 Å². The molecule has 0 unspecified atom stereocenters. The minimum absolute atomic E-state index is 0.0886. The summed E-state index contributed by atoms with van der Waals surface area (Å²) in [6, 6.07) is 5.95. The highest BCUT2D eigenvalue weighted by Crippen LogP contribution is 2.24. The molecule has 0 aliphatic carbocycles. The van der Waals surface area contributed by atoms with E-state index in [1.807, 2.05) is 11.8 Å². The van der Waals surface area contributed by atoms with Crippen LogP contribution in [0, 0.1) is 13.8 Å². The number of nitrogens with zero attached hydrogens (tertiary/aromatic N) is 4. The molecule has 1 aliphatic heterocycles. The normalized spacial score (nSPS) is 16.9. The van der Waals surface area contributed by atoms with Crippen LogP contribution in [-0.2, 0) is 4.79 Å². The molecule has 1 aromatic carbocycles. The lowest BCUT2D eigenvalue weighted by atomic mass is 10.1. The van der Waals surface area contributed by atoms with Gasteiger partial charge in [-0.15, -0.1) is 0 Å². The van der Waals surface area contributed by atoms with Crippen molar-refractivity contribution in [3.63, 3.8) is 0 Å². The number of amides is 1. The quantitative estimate of drug-likeness (QED) is 0.865. The Kier molecular flexibility index (Phi) is 4.83. The van der Waals surface area contributed by atoms with E-state index in [-0.39, 0.29) is 18.1 Å². The van der Waals surface area contributed by atoms with Crippen LogP contribution in [0.3, 0.4) is 0 Å². The summed E-state index contributed by atoms with van der Waals surface area (Å²) in [4.78, 5) is 18.4. The molecule has 24 heavy (non-hydrogen) atoms. The maximum atomic E-state index is 12.6. The fourth-order valence-corrected chi connectivity index (χ4v) is 3.00. The van der Waals surface area contributed by atoms with Crippen LogP contribution < -0.4 is 4.74 Å². The number of piperidine rings is 1. The standard InChI is InChI=1S/C18H24N4O2/c1-13-4-5-14(2)17(10-13)24-16-6-8-21(9-7-16)18(23)15(3)22-12-19-11-20-22/h4-5,10-12,15-16H,6-9H2,1-3H3/t15-/m1/s1. The van der Waals surface area contributed by atoms with Gasteiger partial charge in [0.1, 0.15) is 30.5 Å². The van der Waals surface area contributed by atoms with Gasteiger partial charge < -0.3 is 9.64 Å². The number of rotatable bonds is 4. The summed E-state index contributed by atoms with van der Waals surface area (Å²) in [5, 5.41) is 4.05. The Hall–Kier alpha value is -2.37. The Labute approximate surface area is 142 Å². The molecule has 0 bridgehead atoms. The Morgan fingerprint density at radius 3 is 2.71 bits per heavy atom. The second-order valence-electron chi connectivity index (χ2n) is 6.46. The molecule has 6 nitrogen and oxygen atoms in total. The van der Waals surface area contributed by atoms with Gasteiger partial charge in [0, 0.05) is 25.9 Å². The first-order valence-electron chi connectivity index (χ1n) is 8.41. The largest absolute Gasteiger partial charge is 0.490 e. The van der Waals surface area contributed by atoms with Crippen LogP contribution in [0.25, 0.3) is 0 Å². The second kappa shape index (κ2) is 7.03. The molecule has 1 aliphatic rings. The third-order valence-corrected chi connectivity index (χ3v) is 4.58. The molecule has 1 fully saturated rings. The number of ether oxygens (including phenoxy) is 1. The Bertz CT molecular complexity index is 691. The number of benzene rings is 1. The van der Waals surface area contributed by atoms with Gasteiger partial charge >= 0.3 is 0 Å². The lowest BCUT2D eigenvalue weighted by molar-refractivity contribution is -0.136. The number of carbonyl (C=O) groups excluding carboxylic acids is 1. The lowest BCUT2D eigenvalue weighted by Gasteiger charge is -2.33. The van der Waals surface area contributed by atoms with Crippen LogP contribution in [0.15, 0.2) is 30.9 Å². The minimum Gasteiger partial charge on any atom is -0.490 e. The first-order valence-corrected chi connectivity index (χ1v) is 8.41. The van der Waals surface area contributed by atoms with Gasteiger partial charge in [-0.1, -0.05) is 12.1 Å². The summed E-state index contributed by atoms with van der Waals surface area (Å²) < 4.78 is 7.76. The van der Waals surface area contributed by atoms with Crippen molar-refractivity contribution in [2.45, 2.75) is 45.8 Å². The van der Waals surface area contributed by atoms with Gasteiger partial charge in [-0.25, -0.2) is 9.67 Å². The monoisotopic (exact) mass is 328 g/mol. The molecule has 0 saturated carbocycles. The van der Waals surface area contributed by atoms with Crippen molar-refractivity contribution in [2.24, 2.45) is 0 Å². The van der Waals surface area contributed by atoms with E-state index in [0.29, 0.717) is 13.1 Å². The van der Waals surface area contributed by atoms with Crippen LogP contribution in [-0.4, -0.2) is 44.8 Å². The number of likely N-dealkylation sites (tertiary alicyclic amines) is 1. The maximum Gasteiger partial charge on any atom is 0.247 e. The fourth-order valence-electron chi connectivity index (χ4n) is 3.00. The maximum absolute atomic E-state index is 12.6. The predicted octanol–water partition coefficient (Wildman–Crippen LogP) is 2.53. The Balaban J connectivity index is 1.56. The molecule has 128 valence electrons. The average molecular weight is 328 g/mol. The summed E-state index contributed by atoms with van der Waals surface area (Å²) in [5.74, 6) is 1.04. The first-order chi connectivity index (χ1) is 11.5. The molecular formula is C18H24N4O2. The van der Waals surface area contributed by atoms with Crippen LogP contribution in [0.5, 0.6) is 5.75 Å². The van der Waals surface area contributed by atoms with Crippen LogP contribution in [0.4, 0.5) is 0 Å². The first kappa shape index (κ1) is 16.5. The minimum atomic E-state index is -0.316. The van der Waals surface area contributed by atoms with E-state index < -0.39 is 0 Å². The number of aromatic nitrogens is 3. The van der Waals surface area contributed by atoms with Gasteiger partial charge in [-0.3, -0.25) is 4.79 Å². The number of hydrogen-bond acceptors (Lipinski definition) is 4. The van der Waals surface area contributed by atoms with Crippen molar-refractivity contribution in [2.75, 3.05) is 13.1 Å².